The smallest absolute Gasteiger partial charge is 0.187 e. The van der Waals surface area contributed by atoms with Crippen LogP contribution in [0.4, 0.5) is 0 Å². The number of aliphatic hydroxyl groups is 12. The third-order valence-corrected chi connectivity index (χ3v) is 19.8. The Hall–Kier alpha value is -1.02. The van der Waals surface area contributed by atoms with Gasteiger partial charge in [-0.25, -0.2) is 0 Å². The zero-order valence-corrected chi connectivity index (χ0v) is 40.9. The van der Waals surface area contributed by atoms with Crippen LogP contribution in [0, 0.1) is 50.2 Å². The number of allylic oxidation sites excluding steroid dienone is 1. The Balaban J connectivity index is 1.07. The summed E-state index contributed by atoms with van der Waals surface area (Å²) in [6.45, 7) is 13.2. The van der Waals surface area contributed by atoms with Crippen LogP contribution < -0.4 is 0 Å². The summed E-state index contributed by atoms with van der Waals surface area (Å²) in [5.74, 6) is -0.216. The zero-order valence-electron chi connectivity index (χ0n) is 40.9. The fourth-order valence-corrected chi connectivity index (χ4v) is 15.4. The highest BCUT2D eigenvalue weighted by Gasteiger charge is 2.72. The van der Waals surface area contributed by atoms with Gasteiger partial charge in [0.1, 0.15) is 67.1 Å². The van der Waals surface area contributed by atoms with Crippen LogP contribution in [-0.4, -0.2) is 205 Å². The average molecular weight is 975 g/mol. The summed E-state index contributed by atoms with van der Waals surface area (Å²) in [7, 11) is 1.74. The molecule has 8 rings (SSSR count). The molecule has 0 aromatic carbocycles. The molecule has 0 amide bonds. The number of hydrogen-bond donors (Lipinski definition) is 12. The normalized spacial score (nSPS) is 55.8. The van der Waals surface area contributed by atoms with Gasteiger partial charge >= 0.3 is 0 Å². The second-order valence-corrected chi connectivity index (χ2v) is 23.8. The average Bonchev–Trinajstić information content (AvgIpc) is 3.29. The Morgan fingerprint density at radius 2 is 1.28 bits per heavy atom. The predicted molar refractivity (Wildman–Crippen MR) is 238 cm³/mol. The summed E-state index contributed by atoms with van der Waals surface area (Å²) in [6.07, 6.45) is -17.8. The number of hydrogen-bond acceptors (Lipinski definition) is 19. The van der Waals surface area contributed by atoms with Gasteiger partial charge in [0.25, 0.3) is 0 Å². The summed E-state index contributed by atoms with van der Waals surface area (Å²) in [5, 5.41) is 131. The Labute approximate surface area is 399 Å². The van der Waals surface area contributed by atoms with Crippen molar-refractivity contribution >= 4 is 0 Å². The van der Waals surface area contributed by atoms with E-state index in [4.69, 9.17) is 33.2 Å². The molecule has 7 fully saturated rings. The monoisotopic (exact) mass is 975 g/mol. The molecule has 3 aliphatic heterocycles. The summed E-state index contributed by atoms with van der Waals surface area (Å²) in [6, 6.07) is 0. The van der Waals surface area contributed by atoms with Gasteiger partial charge in [-0.1, -0.05) is 53.2 Å². The number of fused-ring (bicyclic) bond motifs is 7. The van der Waals surface area contributed by atoms with E-state index >= 15 is 0 Å². The standard InChI is InChI=1S/C49H82O19/c1-22-31(54)33(56)37(60)42(64-22)68-39-27(19-63-41-36(59)34(57)32(55)26(18-50)65-41)66-43(38(61)35(39)58)67-30-10-11-45(4)28(46(30,5)20-51)9-12-47(6)40(45)25(62-8)15-23-24-16-44(2,3)13-14-49(24,21-52)29(53)17-48(23,47)7/h15,22,24-43,50-61H,9-14,16-21H2,1-8H3. The minimum Gasteiger partial charge on any atom is -0.396 e. The molecular formula is C49H82O19. The van der Waals surface area contributed by atoms with Gasteiger partial charge in [0.05, 0.1) is 50.8 Å². The Morgan fingerprint density at radius 3 is 1.93 bits per heavy atom. The van der Waals surface area contributed by atoms with Crippen LogP contribution in [0.25, 0.3) is 0 Å². The second kappa shape index (κ2) is 19.0. The molecule has 0 aromatic rings. The molecule has 3 saturated heterocycles. The van der Waals surface area contributed by atoms with E-state index in [2.05, 4.69) is 40.7 Å². The van der Waals surface area contributed by atoms with E-state index in [9.17, 15) is 61.3 Å². The first-order valence-corrected chi connectivity index (χ1v) is 24.9. The van der Waals surface area contributed by atoms with Crippen LogP contribution in [-0.2, 0) is 33.2 Å². The lowest BCUT2D eigenvalue weighted by Gasteiger charge is -2.73. The molecule has 68 heavy (non-hydrogen) atoms. The van der Waals surface area contributed by atoms with Crippen molar-refractivity contribution in [1.82, 2.24) is 0 Å². The number of methoxy groups -OCH3 is 1. The van der Waals surface area contributed by atoms with Gasteiger partial charge < -0.3 is 94.4 Å². The number of rotatable bonds is 11. The highest BCUT2D eigenvalue weighted by atomic mass is 16.8. The highest BCUT2D eigenvalue weighted by Crippen LogP contribution is 2.76. The fourth-order valence-electron chi connectivity index (χ4n) is 15.4. The maximum Gasteiger partial charge on any atom is 0.187 e. The third-order valence-electron chi connectivity index (χ3n) is 19.8. The molecule has 0 aromatic heterocycles. The lowest BCUT2D eigenvalue weighted by atomic mass is 9.32. The minimum absolute atomic E-state index is 0.0187. The first-order valence-electron chi connectivity index (χ1n) is 24.9. The Morgan fingerprint density at radius 1 is 0.647 bits per heavy atom. The van der Waals surface area contributed by atoms with E-state index in [0.717, 1.165) is 25.7 Å². The predicted octanol–water partition coefficient (Wildman–Crippen LogP) is -0.790. The van der Waals surface area contributed by atoms with E-state index in [-0.39, 0.29) is 47.9 Å². The van der Waals surface area contributed by atoms with E-state index in [1.807, 2.05) is 6.92 Å². The largest absolute Gasteiger partial charge is 0.396 e. The van der Waals surface area contributed by atoms with Crippen molar-refractivity contribution in [3.63, 3.8) is 0 Å². The van der Waals surface area contributed by atoms with Crippen molar-refractivity contribution in [2.45, 2.75) is 210 Å². The summed E-state index contributed by atoms with van der Waals surface area (Å²) in [5.41, 5.74) is -1.45. The summed E-state index contributed by atoms with van der Waals surface area (Å²) >= 11 is 0. The van der Waals surface area contributed by atoms with E-state index in [1.54, 1.807) is 7.11 Å². The molecule has 392 valence electrons. The maximum atomic E-state index is 12.2. The molecule has 19 nitrogen and oxygen atoms in total. The van der Waals surface area contributed by atoms with Gasteiger partial charge in [-0.2, -0.15) is 0 Å². The van der Waals surface area contributed by atoms with Gasteiger partial charge in [-0.3, -0.25) is 0 Å². The van der Waals surface area contributed by atoms with Crippen molar-refractivity contribution in [1.29, 1.82) is 0 Å². The van der Waals surface area contributed by atoms with Crippen molar-refractivity contribution in [2.75, 3.05) is 33.5 Å². The molecule has 0 radical (unpaired) electrons. The molecule has 26 unspecified atom stereocenters. The molecule has 12 N–H and O–H groups in total. The molecule has 4 saturated carbocycles. The second-order valence-electron chi connectivity index (χ2n) is 23.8. The van der Waals surface area contributed by atoms with Crippen molar-refractivity contribution in [3.05, 3.63) is 11.6 Å². The molecule has 0 bridgehead atoms. The van der Waals surface area contributed by atoms with Crippen LogP contribution in [0.3, 0.4) is 0 Å². The van der Waals surface area contributed by atoms with E-state index < -0.39 is 139 Å². The highest BCUT2D eigenvalue weighted by molar-refractivity contribution is 5.37. The van der Waals surface area contributed by atoms with Crippen molar-refractivity contribution in [2.24, 2.45) is 50.2 Å². The van der Waals surface area contributed by atoms with Crippen LogP contribution >= 0.6 is 0 Å². The van der Waals surface area contributed by atoms with Crippen LogP contribution in [0.15, 0.2) is 11.6 Å². The maximum absolute atomic E-state index is 12.2. The molecule has 0 spiro atoms. The fraction of sp³-hybridized carbons (Fsp3) is 0.959. The Kier molecular flexibility index (Phi) is 14.9. The number of ether oxygens (including phenoxy) is 7. The quantitative estimate of drug-likeness (QED) is 0.0892. The van der Waals surface area contributed by atoms with Crippen molar-refractivity contribution in [3.8, 4) is 0 Å². The molecule has 8 aliphatic rings. The topological polar surface area (TPSA) is 307 Å². The summed E-state index contributed by atoms with van der Waals surface area (Å²) in [4.78, 5) is 0. The molecule has 19 heteroatoms. The Bertz CT molecular complexity index is 1800. The summed E-state index contributed by atoms with van der Waals surface area (Å²) < 4.78 is 42.7. The SMILES string of the molecule is COC1C=C2C3CC(C)(C)CCC3(CO)C(O)CC2(C)C2(C)CCC3C(C)(CO)C(OC4OC(COC5OC(CO)C(O)C(O)C5O)C(OC5OC(C)C(O)C(O)C5O)C(O)C4O)CCC3(C)C12. The van der Waals surface area contributed by atoms with Crippen LogP contribution in [0.2, 0.25) is 0 Å². The van der Waals surface area contributed by atoms with Gasteiger partial charge in [-0.15, -0.1) is 0 Å². The van der Waals surface area contributed by atoms with Gasteiger partial charge in [0.2, 0.25) is 0 Å². The van der Waals surface area contributed by atoms with Crippen LogP contribution in [0.5, 0.6) is 0 Å². The zero-order chi connectivity index (χ0) is 49.8. The number of aliphatic hydroxyl groups excluding tert-OH is 12. The van der Waals surface area contributed by atoms with E-state index in [1.165, 1.54) is 12.5 Å². The minimum atomic E-state index is -1.83. The molecule has 5 aliphatic carbocycles. The molecule has 26 atom stereocenters. The lowest BCUT2D eigenvalue weighted by Crippen LogP contribution is -2.70. The van der Waals surface area contributed by atoms with Gasteiger partial charge in [0, 0.05) is 23.9 Å². The molecule has 3 heterocycles. The first-order chi connectivity index (χ1) is 31.8. The van der Waals surface area contributed by atoms with Gasteiger partial charge in [-0.05, 0) is 91.8 Å². The van der Waals surface area contributed by atoms with Gasteiger partial charge in [0.15, 0.2) is 18.9 Å². The van der Waals surface area contributed by atoms with Crippen LogP contribution in [0.1, 0.15) is 99.8 Å². The van der Waals surface area contributed by atoms with E-state index in [0.29, 0.717) is 25.7 Å². The first kappa shape index (κ1) is 53.3. The third kappa shape index (κ3) is 8.21. The lowest BCUT2D eigenvalue weighted by molar-refractivity contribution is -0.375. The molecular weight excluding hydrogens is 893 g/mol. The van der Waals surface area contributed by atoms with Crippen molar-refractivity contribution < 1.29 is 94.4 Å².